The van der Waals surface area contributed by atoms with Gasteiger partial charge in [0.15, 0.2) is 5.69 Å². The van der Waals surface area contributed by atoms with Gasteiger partial charge in [0, 0.05) is 6.54 Å². The number of carboxylic acids is 1. The molecule has 0 amide bonds. The number of rotatable bonds is 5. The fourth-order valence-corrected chi connectivity index (χ4v) is 2.06. The van der Waals surface area contributed by atoms with E-state index in [1.807, 2.05) is 32.0 Å². The number of aliphatic hydroxyl groups excluding tert-OH is 1. The molecule has 0 spiro atoms. The molecule has 0 saturated heterocycles. The number of nitrogens with zero attached hydrogens (tertiary/aromatic N) is 2. The molecule has 3 N–H and O–H groups in total. The molecule has 1 aromatic carbocycles. The third-order valence-corrected chi connectivity index (χ3v) is 2.99. The molecule has 2 rings (SSSR count). The first-order valence-corrected chi connectivity index (χ1v) is 6.53. The molecular formula is C15H17N3O3. The number of benzene rings is 1. The Labute approximate surface area is 122 Å². The molecule has 21 heavy (non-hydrogen) atoms. The van der Waals surface area contributed by atoms with E-state index in [2.05, 4.69) is 15.5 Å². The second-order valence-corrected chi connectivity index (χ2v) is 4.93. The number of carbonyl (C=O) groups is 1. The summed E-state index contributed by atoms with van der Waals surface area (Å²) >= 11 is 0. The molecule has 0 radical (unpaired) electrons. The van der Waals surface area contributed by atoms with Crippen molar-refractivity contribution in [2.24, 2.45) is 0 Å². The van der Waals surface area contributed by atoms with Gasteiger partial charge in [-0.3, -0.25) is 0 Å². The van der Waals surface area contributed by atoms with Gasteiger partial charge in [-0.05, 0) is 31.5 Å². The van der Waals surface area contributed by atoms with E-state index in [4.69, 9.17) is 5.11 Å². The molecule has 0 fully saturated rings. The number of anilines is 1. The number of aryl methyl sites for hydroxylation is 2. The van der Waals surface area contributed by atoms with Gasteiger partial charge >= 0.3 is 5.97 Å². The standard InChI is InChI=1S/C15H17N3O3/c1-9-5-10(2)7-11(6-9)13(19)8-16-14-4-3-12(15(20)21)17-18-14/h3-7,13,19H,8H2,1-2H3,(H,16,18)(H,20,21). The highest BCUT2D eigenvalue weighted by Gasteiger charge is 2.10. The van der Waals surface area contributed by atoms with Crippen LogP contribution in [0.2, 0.25) is 0 Å². The number of aliphatic hydroxyl groups is 1. The highest BCUT2D eigenvalue weighted by Crippen LogP contribution is 2.17. The molecule has 0 bridgehead atoms. The van der Waals surface area contributed by atoms with Crippen molar-refractivity contribution in [3.05, 3.63) is 52.7 Å². The fraction of sp³-hybridized carbons (Fsp3) is 0.267. The summed E-state index contributed by atoms with van der Waals surface area (Å²) in [6, 6.07) is 8.78. The summed E-state index contributed by atoms with van der Waals surface area (Å²) in [7, 11) is 0. The topological polar surface area (TPSA) is 95.3 Å². The minimum Gasteiger partial charge on any atom is -0.476 e. The Kier molecular flexibility index (Phi) is 4.49. The van der Waals surface area contributed by atoms with Crippen LogP contribution in [0, 0.1) is 13.8 Å². The largest absolute Gasteiger partial charge is 0.476 e. The number of hydrogen-bond donors (Lipinski definition) is 3. The smallest absolute Gasteiger partial charge is 0.356 e. The van der Waals surface area contributed by atoms with Crippen LogP contribution in [0.3, 0.4) is 0 Å². The van der Waals surface area contributed by atoms with Gasteiger partial charge in [0.1, 0.15) is 5.82 Å². The Bertz CT molecular complexity index is 621. The molecule has 2 aromatic rings. The summed E-state index contributed by atoms with van der Waals surface area (Å²) in [5, 5.41) is 29.1. The van der Waals surface area contributed by atoms with Crippen LogP contribution < -0.4 is 5.32 Å². The van der Waals surface area contributed by atoms with Gasteiger partial charge in [0.2, 0.25) is 0 Å². The van der Waals surface area contributed by atoms with Gasteiger partial charge in [0.25, 0.3) is 0 Å². The van der Waals surface area contributed by atoms with Crippen LogP contribution in [0.4, 0.5) is 5.82 Å². The van der Waals surface area contributed by atoms with Gasteiger partial charge in [-0.15, -0.1) is 10.2 Å². The molecule has 1 aromatic heterocycles. The lowest BCUT2D eigenvalue weighted by atomic mass is 10.0. The molecule has 0 aliphatic rings. The monoisotopic (exact) mass is 287 g/mol. The highest BCUT2D eigenvalue weighted by molar-refractivity contribution is 5.85. The Morgan fingerprint density at radius 3 is 2.38 bits per heavy atom. The average Bonchev–Trinajstić information content (AvgIpc) is 2.44. The molecule has 6 heteroatoms. The summed E-state index contributed by atoms with van der Waals surface area (Å²) in [6.07, 6.45) is -0.676. The van der Waals surface area contributed by atoms with Crippen molar-refractivity contribution in [1.29, 1.82) is 0 Å². The van der Waals surface area contributed by atoms with Gasteiger partial charge in [-0.2, -0.15) is 0 Å². The molecule has 110 valence electrons. The Balaban J connectivity index is 2.00. The van der Waals surface area contributed by atoms with E-state index in [1.165, 1.54) is 12.1 Å². The second-order valence-electron chi connectivity index (χ2n) is 4.93. The van der Waals surface area contributed by atoms with E-state index < -0.39 is 12.1 Å². The maximum absolute atomic E-state index is 10.7. The van der Waals surface area contributed by atoms with Gasteiger partial charge in [-0.25, -0.2) is 4.79 Å². The van der Waals surface area contributed by atoms with Crippen molar-refractivity contribution >= 4 is 11.8 Å². The minimum absolute atomic E-state index is 0.115. The van der Waals surface area contributed by atoms with Crippen LogP contribution in [0.1, 0.15) is 33.3 Å². The van der Waals surface area contributed by atoms with Crippen molar-refractivity contribution < 1.29 is 15.0 Å². The molecule has 6 nitrogen and oxygen atoms in total. The molecule has 1 unspecified atom stereocenters. The molecule has 0 aliphatic heterocycles. The van der Waals surface area contributed by atoms with Crippen LogP contribution >= 0.6 is 0 Å². The maximum Gasteiger partial charge on any atom is 0.356 e. The predicted molar refractivity (Wildman–Crippen MR) is 78.4 cm³/mol. The van der Waals surface area contributed by atoms with E-state index >= 15 is 0 Å². The van der Waals surface area contributed by atoms with E-state index in [9.17, 15) is 9.90 Å². The second kappa shape index (κ2) is 6.32. The Hall–Kier alpha value is -2.47. The predicted octanol–water partition coefficient (Wildman–Crippen LogP) is 1.94. The SMILES string of the molecule is Cc1cc(C)cc(C(O)CNc2ccc(C(=O)O)nn2)c1. The van der Waals surface area contributed by atoms with E-state index in [1.54, 1.807) is 0 Å². The molecule has 1 atom stereocenters. The van der Waals surface area contributed by atoms with Crippen molar-refractivity contribution in [2.75, 3.05) is 11.9 Å². The summed E-state index contributed by atoms with van der Waals surface area (Å²) in [4.78, 5) is 10.7. The van der Waals surface area contributed by atoms with Crippen molar-refractivity contribution in [1.82, 2.24) is 10.2 Å². The number of aromatic carboxylic acids is 1. The zero-order valence-electron chi connectivity index (χ0n) is 11.9. The van der Waals surface area contributed by atoms with Crippen molar-refractivity contribution in [3.63, 3.8) is 0 Å². The first-order valence-electron chi connectivity index (χ1n) is 6.53. The normalized spacial score (nSPS) is 12.0. The van der Waals surface area contributed by atoms with Gasteiger partial charge < -0.3 is 15.5 Å². The van der Waals surface area contributed by atoms with E-state index in [-0.39, 0.29) is 12.2 Å². The highest BCUT2D eigenvalue weighted by atomic mass is 16.4. The number of carboxylic acid groups (broad SMARTS) is 1. The van der Waals surface area contributed by atoms with Crippen LogP contribution in [-0.2, 0) is 0 Å². The van der Waals surface area contributed by atoms with Gasteiger partial charge in [-0.1, -0.05) is 29.3 Å². The molecule has 0 aliphatic carbocycles. The van der Waals surface area contributed by atoms with Crippen LogP contribution in [0.25, 0.3) is 0 Å². The van der Waals surface area contributed by atoms with Crippen LogP contribution in [0.5, 0.6) is 0 Å². The first kappa shape index (κ1) is 14.9. The third-order valence-electron chi connectivity index (χ3n) is 2.99. The Morgan fingerprint density at radius 2 is 1.86 bits per heavy atom. The summed E-state index contributed by atoms with van der Waals surface area (Å²) in [5.41, 5.74) is 2.90. The zero-order chi connectivity index (χ0) is 15.4. The molecule has 1 heterocycles. The van der Waals surface area contributed by atoms with Crippen LogP contribution in [0.15, 0.2) is 30.3 Å². The van der Waals surface area contributed by atoms with Crippen molar-refractivity contribution in [3.8, 4) is 0 Å². The van der Waals surface area contributed by atoms with Gasteiger partial charge in [0.05, 0.1) is 6.10 Å². The fourth-order valence-electron chi connectivity index (χ4n) is 2.06. The van der Waals surface area contributed by atoms with E-state index in [0.717, 1.165) is 16.7 Å². The average molecular weight is 287 g/mol. The first-order chi connectivity index (χ1) is 9.95. The quantitative estimate of drug-likeness (QED) is 0.778. The summed E-state index contributed by atoms with van der Waals surface area (Å²) in [6.45, 7) is 4.23. The van der Waals surface area contributed by atoms with E-state index in [0.29, 0.717) is 5.82 Å². The Morgan fingerprint density at radius 1 is 1.19 bits per heavy atom. The summed E-state index contributed by atoms with van der Waals surface area (Å²) < 4.78 is 0. The molecular weight excluding hydrogens is 270 g/mol. The third kappa shape index (κ3) is 4.00. The molecule has 0 saturated carbocycles. The summed E-state index contributed by atoms with van der Waals surface area (Å²) in [5.74, 6) is -0.701. The number of aromatic nitrogens is 2. The van der Waals surface area contributed by atoms with Crippen LogP contribution in [-0.4, -0.2) is 32.9 Å². The minimum atomic E-state index is -1.12. The zero-order valence-corrected chi connectivity index (χ0v) is 11.9. The van der Waals surface area contributed by atoms with Crippen molar-refractivity contribution in [2.45, 2.75) is 20.0 Å². The lowest BCUT2D eigenvalue weighted by Crippen LogP contribution is -2.14. The lowest BCUT2D eigenvalue weighted by molar-refractivity contribution is 0.0689. The maximum atomic E-state index is 10.7. The number of hydrogen-bond acceptors (Lipinski definition) is 5. The number of nitrogens with one attached hydrogen (secondary N) is 1. The lowest BCUT2D eigenvalue weighted by Gasteiger charge is -2.14.